The molecule has 4 heterocycles. The van der Waals surface area contributed by atoms with Crippen LogP contribution in [0.2, 0.25) is 0 Å². The van der Waals surface area contributed by atoms with Gasteiger partial charge in [-0.1, -0.05) is 72.8 Å². The highest BCUT2D eigenvalue weighted by molar-refractivity contribution is 9.10. The van der Waals surface area contributed by atoms with E-state index < -0.39 is 59.8 Å². The highest BCUT2D eigenvalue weighted by Gasteiger charge is 2.51. The summed E-state index contributed by atoms with van der Waals surface area (Å²) in [6, 6.07) is 33.4. The van der Waals surface area contributed by atoms with Crippen molar-refractivity contribution in [1.29, 1.82) is 0 Å². The van der Waals surface area contributed by atoms with Crippen LogP contribution in [0, 0.1) is 0 Å². The third kappa shape index (κ3) is 7.94. The van der Waals surface area contributed by atoms with E-state index in [0.29, 0.717) is 18.0 Å². The van der Waals surface area contributed by atoms with Gasteiger partial charge in [0, 0.05) is 25.2 Å². The molecule has 1 aromatic heterocycles. The summed E-state index contributed by atoms with van der Waals surface area (Å²) in [5.74, 6) is 1.16. The van der Waals surface area contributed by atoms with Crippen molar-refractivity contribution in [2.75, 3.05) is 33.1 Å². The molecule has 58 heavy (non-hydrogen) atoms. The number of methoxy groups -OCH3 is 2. The Hall–Kier alpha value is -4.18. The van der Waals surface area contributed by atoms with Crippen LogP contribution in [-0.2, 0) is 34.0 Å². The molecule has 4 aromatic carbocycles. The lowest BCUT2D eigenvalue weighted by Gasteiger charge is -2.37. The van der Waals surface area contributed by atoms with Gasteiger partial charge in [0.15, 0.2) is 9.84 Å². The Balaban J connectivity index is 1.15. The Morgan fingerprint density at radius 1 is 0.845 bits per heavy atom. The molecule has 0 aliphatic carbocycles. The van der Waals surface area contributed by atoms with Crippen molar-refractivity contribution in [3.63, 3.8) is 0 Å². The molecule has 6 atom stereocenters. The summed E-state index contributed by atoms with van der Waals surface area (Å²) >= 11 is 3.26. The summed E-state index contributed by atoms with van der Waals surface area (Å²) in [5.41, 5.74) is 0.0643. The molecule has 304 valence electrons. The van der Waals surface area contributed by atoms with Crippen LogP contribution in [0.5, 0.6) is 11.5 Å². The first-order chi connectivity index (χ1) is 28.1. The number of nitrogens with one attached hydrogen (secondary N) is 1. The van der Waals surface area contributed by atoms with Crippen LogP contribution < -0.4 is 20.7 Å². The maximum Gasteiger partial charge on any atom is 0.330 e. The van der Waals surface area contributed by atoms with Crippen LogP contribution >= 0.6 is 24.5 Å². The molecule has 5 aromatic rings. The van der Waals surface area contributed by atoms with Crippen molar-refractivity contribution in [2.24, 2.45) is 0 Å². The van der Waals surface area contributed by atoms with Gasteiger partial charge in [-0.2, -0.15) is 0 Å². The molecular weight excluding hydrogens is 849 g/mol. The van der Waals surface area contributed by atoms with Crippen molar-refractivity contribution >= 4 is 34.3 Å². The van der Waals surface area contributed by atoms with E-state index in [0.717, 1.165) is 34.1 Å². The maximum atomic E-state index is 13.5. The van der Waals surface area contributed by atoms with E-state index in [4.69, 9.17) is 28.0 Å². The van der Waals surface area contributed by atoms with E-state index in [1.54, 1.807) is 44.6 Å². The first-order valence-corrected chi connectivity index (χ1v) is 22.5. The zero-order valence-electron chi connectivity index (χ0n) is 31.8. The van der Waals surface area contributed by atoms with E-state index in [-0.39, 0.29) is 34.2 Å². The minimum absolute atomic E-state index is 0.0484. The number of halogens is 1. The molecule has 3 aliphatic heterocycles. The van der Waals surface area contributed by atoms with Gasteiger partial charge in [0.25, 0.3) is 14.1 Å². The smallest absolute Gasteiger partial charge is 0.330 e. The molecule has 3 aliphatic rings. The summed E-state index contributed by atoms with van der Waals surface area (Å²) in [6.45, 7) is 0.625. The number of hydrogen-bond donors (Lipinski definition) is 1. The van der Waals surface area contributed by atoms with Crippen molar-refractivity contribution in [3.05, 3.63) is 157 Å². The molecule has 13 nitrogen and oxygen atoms in total. The second-order valence-electron chi connectivity index (χ2n) is 14.3. The number of aromatic nitrogens is 2. The Labute approximate surface area is 345 Å². The Kier molecular flexibility index (Phi) is 12.0. The van der Waals surface area contributed by atoms with Crippen molar-refractivity contribution in [1.82, 2.24) is 14.2 Å². The summed E-state index contributed by atoms with van der Waals surface area (Å²) in [6.07, 6.45) is -0.124. The highest BCUT2D eigenvalue weighted by Crippen LogP contribution is 2.58. The molecule has 3 fully saturated rings. The molecule has 0 saturated carbocycles. The second kappa shape index (κ2) is 17.2. The number of ether oxygens (including phenoxy) is 4. The van der Waals surface area contributed by atoms with Crippen molar-refractivity contribution in [2.45, 2.75) is 60.3 Å². The monoisotopic (exact) mass is 891 g/mol. The minimum Gasteiger partial charge on any atom is -0.497 e. The first kappa shape index (κ1) is 40.6. The number of fused-ring (bicyclic) bond motifs is 1. The molecule has 3 saturated heterocycles. The number of sulfone groups is 1. The van der Waals surface area contributed by atoms with Crippen LogP contribution in [0.3, 0.4) is 0 Å². The average molecular weight is 893 g/mol. The molecule has 8 rings (SSSR count). The normalized spacial score (nSPS) is 23.5. The summed E-state index contributed by atoms with van der Waals surface area (Å²) in [5, 5.41) is 0. The quantitative estimate of drug-likeness (QED) is 0.0955. The second-order valence-corrected chi connectivity index (χ2v) is 18.6. The Bertz CT molecular complexity index is 2370. The summed E-state index contributed by atoms with van der Waals surface area (Å²) in [7, 11) is -2.18. The number of aromatic amines is 1. The van der Waals surface area contributed by atoms with E-state index in [2.05, 4.69) is 25.6 Å². The molecule has 0 spiro atoms. The fraction of sp³-hybridized carbons (Fsp3) is 0.333. The third-order valence-corrected chi connectivity index (χ3v) is 15.1. The molecule has 0 radical (unpaired) electrons. The van der Waals surface area contributed by atoms with Gasteiger partial charge in [-0.15, -0.1) is 0 Å². The first-order valence-electron chi connectivity index (χ1n) is 18.9. The number of hydrogen-bond acceptors (Lipinski definition) is 11. The number of benzene rings is 4. The molecule has 1 N–H and O–H groups in total. The van der Waals surface area contributed by atoms with Gasteiger partial charge in [-0.25, -0.2) is 22.4 Å². The largest absolute Gasteiger partial charge is 0.497 e. The van der Waals surface area contributed by atoms with Gasteiger partial charge in [0.1, 0.15) is 29.4 Å². The van der Waals surface area contributed by atoms with Gasteiger partial charge in [-0.3, -0.25) is 4.79 Å². The van der Waals surface area contributed by atoms with E-state index >= 15 is 0 Å². The van der Waals surface area contributed by atoms with Crippen LogP contribution in [0.1, 0.15) is 42.2 Å². The van der Waals surface area contributed by atoms with Crippen LogP contribution in [0.15, 0.2) is 134 Å². The predicted octanol–water partition coefficient (Wildman–Crippen LogP) is 6.56. The van der Waals surface area contributed by atoms with Gasteiger partial charge < -0.3 is 33.0 Å². The molecular formula is C42H43BrN3O10PS. The lowest BCUT2D eigenvalue weighted by Crippen LogP contribution is -2.39. The average Bonchev–Trinajstić information content (AvgIpc) is 3.98. The zero-order chi connectivity index (χ0) is 40.4. The minimum atomic E-state index is -3.65. The fourth-order valence-corrected chi connectivity index (χ4v) is 11.9. The highest BCUT2D eigenvalue weighted by atomic mass is 79.9. The lowest BCUT2D eigenvalue weighted by atomic mass is 9.80. The van der Waals surface area contributed by atoms with Crippen molar-refractivity contribution in [3.8, 4) is 11.5 Å². The molecule has 0 bridgehead atoms. The predicted molar refractivity (Wildman–Crippen MR) is 221 cm³/mol. The van der Waals surface area contributed by atoms with E-state index in [1.807, 2.05) is 78.9 Å². The van der Waals surface area contributed by atoms with Gasteiger partial charge >= 0.3 is 5.69 Å². The lowest BCUT2D eigenvalue weighted by molar-refractivity contribution is -0.0925. The van der Waals surface area contributed by atoms with Crippen LogP contribution in [0.25, 0.3) is 0 Å². The van der Waals surface area contributed by atoms with Gasteiger partial charge in [0.05, 0.1) is 48.2 Å². The SMILES string of the molecule is COc1ccc(C(OC[C@H]2O[C@@H](n3c(=O)[nH]cc(Br)c3=O)C[C@@H]2O[P@]2O[C@H](CS(=O)(=O)c3ccccc3)[C@@H]3CCCN32)(c2ccccc2)c2ccc(OC)cc2)cc1. The van der Waals surface area contributed by atoms with Crippen LogP contribution in [0.4, 0.5) is 0 Å². The van der Waals surface area contributed by atoms with Crippen LogP contribution in [-0.4, -0.2) is 80.1 Å². The zero-order valence-corrected chi connectivity index (χ0v) is 35.1. The number of rotatable bonds is 14. The van der Waals surface area contributed by atoms with E-state index in [9.17, 15) is 18.0 Å². The summed E-state index contributed by atoms with van der Waals surface area (Å²) < 4.78 is 68.6. The molecule has 16 heteroatoms. The standard InChI is InChI=1S/C42H43BrN3O10PS/c1-51-31-19-15-29(16-20-31)42(28-10-5-3-6-11-28,30-17-21-32(52-2)22-18-30)53-26-37-36(24-39(54-37)46-40(47)34(43)25-44-41(46)48)55-57-45-23-9-14-35(45)38(56-57)27-58(49,50)33-12-7-4-8-13-33/h3-8,10-13,15-22,25,35-39H,9,14,23-24,26-27H2,1-2H3,(H,44,48)/t35-,36-,37+,38+,39+,57+/m0/s1. The van der Waals surface area contributed by atoms with Gasteiger partial charge in [-0.05, 0) is 81.9 Å². The van der Waals surface area contributed by atoms with E-state index in [1.165, 1.54) is 6.20 Å². The Morgan fingerprint density at radius 3 is 2.07 bits per heavy atom. The maximum absolute atomic E-state index is 13.5. The number of H-pyrrole nitrogens is 1. The Morgan fingerprint density at radius 2 is 1.45 bits per heavy atom. The third-order valence-electron chi connectivity index (χ3n) is 10.9. The molecule has 0 unspecified atom stereocenters. The van der Waals surface area contributed by atoms with Crippen molar-refractivity contribution < 1.29 is 36.4 Å². The topological polar surface area (TPSA) is 148 Å². The number of nitrogens with zero attached hydrogens (tertiary/aromatic N) is 2. The molecule has 0 amide bonds. The van der Waals surface area contributed by atoms with Gasteiger partial charge in [0.2, 0.25) is 0 Å². The fourth-order valence-electron chi connectivity index (χ4n) is 8.01. The summed E-state index contributed by atoms with van der Waals surface area (Å²) in [4.78, 5) is 29.4.